The maximum Gasteiger partial charge on any atom is 0.155 e. The van der Waals surface area contributed by atoms with Crippen molar-refractivity contribution in [1.82, 2.24) is 19.7 Å². The minimum Gasteiger partial charge on any atom is -0.380 e. The molecule has 0 saturated heterocycles. The highest BCUT2D eigenvalue weighted by Gasteiger charge is 2.01. The van der Waals surface area contributed by atoms with Crippen LogP contribution in [0.1, 0.15) is 11.1 Å². The maximum atomic E-state index is 13.2. The lowest BCUT2D eigenvalue weighted by Gasteiger charge is -2.08. The van der Waals surface area contributed by atoms with E-state index in [9.17, 15) is 4.39 Å². The summed E-state index contributed by atoms with van der Waals surface area (Å²) in [6, 6.07) is 8.86. The summed E-state index contributed by atoms with van der Waals surface area (Å²) in [6.45, 7) is 2.37. The SMILES string of the molecule is Cc1cc(CNc2ccc(-n3cncn3)nc2)ccc1F. The predicted molar refractivity (Wildman–Crippen MR) is 77.6 cm³/mol. The van der Waals surface area contributed by atoms with Crippen LogP contribution in [0.2, 0.25) is 0 Å². The average Bonchev–Trinajstić information content (AvgIpc) is 3.03. The third kappa shape index (κ3) is 3.05. The van der Waals surface area contributed by atoms with Gasteiger partial charge in [0.25, 0.3) is 0 Å². The summed E-state index contributed by atoms with van der Waals surface area (Å²) in [6.07, 6.45) is 4.79. The van der Waals surface area contributed by atoms with Crippen LogP contribution in [0, 0.1) is 12.7 Å². The number of hydrogen-bond donors (Lipinski definition) is 1. The van der Waals surface area contributed by atoms with Gasteiger partial charge in [-0.1, -0.05) is 12.1 Å². The van der Waals surface area contributed by atoms with Gasteiger partial charge in [0.15, 0.2) is 5.82 Å². The van der Waals surface area contributed by atoms with Crippen LogP contribution in [0.5, 0.6) is 0 Å². The number of benzene rings is 1. The van der Waals surface area contributed by atoms with E-state index in [0.29, 0.717) is 17.9 Å². The van der Waals surface area contributed by atoms with Crippen molar-refractivity contribution >= 4 is 5.69 Å². The largest absolute Gasteiger partial charge is 0.380 e. The number of rotatable bonds is 4. The molecule has 0 radical (unpaired) electrons. The summed E-state index contributed by atoms with van der Waals surface area (Å²) in [5.41, 5.74) is 2.56. The first-order chi connectivity index (χ1) is 10.2. The Kier molecular flexibility index (Phi) is 3.59. The molecule has 0 aliphatic heterocycles. The topological polar surface area (TPSA) is 55.6 Å². The Morgan fingerprint density at radius 2 is 2.14 bits per heavy atom. The number of anilines is 1. The van der Waals surface area contributed by atoms with Crippen molar-refractivity contribution in [3.8, 4) is 5.82 Å². The van der Waals surface area contributed by atoms with Crippen LogP contribution in [0.3, 0.4) is 0 Å². The second kappa shape index (κ2) is 5.70. The first-order valence-corrected chi connectivity index (χ1v) is 6.52. The maximum absolute atomic E-state index is 13.2. The lowest BCUT2D eigenvalue weighted by molar-refractivity contribution is 0.617. The van der Waals surface area contributed by atoms with E-state index in [1.807, 2.05) is 18.2 Å². The molecule has 1 N–H and O–H groups in total. The van der Waals surface area contributed by atoms with E-state index in [-0.39, 0.29) is 5.82 Å². The Labute approximate surface area is 121 Å². The average molecular weight is 283 g/mol. The van der Waals surface area contributed by atoms with E-state index in [1.165, 1.54) is 12.4 Å². The normalized spacial score (nSPS) is 10.6. The van der Waals surface area contributed by atoms with Crippen molar-refractivity contribution < 1.29 is 4.39 Å². The van der Waals surface area contributed by atoms with E-state index < -0.39 is 0 Å². The Balaban J connectivity index is 1.66. The second-order valence-corrected chi connectivity index (χ2v) is 4.68. The van der Waals surface area contributed by atoms with Crippen LogP contribution in [-0.2, 0) is 6.54 Å². The smallest absolute Gasteiger partial charge is 0.155 e. The van der Waals surface area contributed by atoms with Crippen molar-refractivity contribution in [2.24, 2.45) is 0 Å². The Hall–Kier alpha value is -2.76. The van der Waals surface area contributed by atoms with Gasteiger partial charge in [-0.15, -0.1) is 0 Å². The fourth-order valence-electron chi connectivity index (χ4n) is 1.97. The number of aryl methyl sites for hydroxylation is 1. The molecule has 0 aliphatic carbocycles. The van der Waals surface area contributed by atoms with Gasteiger partial charge >= 0.3 is 0 Å². The van der Waals surface area contributed by atoms with Crippen molar-refractivity contribution in [1.29, 1.82) is 0 Å². The Bertz CT molecular complexity index is 722. The standard InChI is InChI=1S/C15H14FN5/c1-11-6-12(2-4-14(11)16)7-18-13-3-5-15(19-8-13)21-10-17-9-20-21/h2-6,8-10,18H,7H2,1H3. The van der Waals surface area contributed by atoms with Gasteiger partial charge in [0.1, 0.15) is 18.5 Å². The van der Waals surface area contributed by atoms with Gasteiger partial charge < -0.3 is 5.32 Å². The molecular weight excluding hydrogens is 269 g/mol. The molecule has 0 amide bonds. The number of aromatic nitrogens is 4. The highest BCUT2D eigenvalue weighted by Crippen LogP contribution is 2.13. The van der Waals surface area contributed by atoms with Crippen LogP contribution >= 0.6 is 0 Å². The van der Waals surface area contributed by atoms with Crippen LogP contribution in [0.4, 0.5) is 10.1 Å². The minimum atomic E-state index is -0.183. The van der Waals surface area contributed by atoms with Crippen LogP contribution in [0.15, 0.2) is 49.2 Å². The first-order valence-electron chi connectivity index (χ1n) is 6.52. The van der Waals surface area contributed by atoms with Crippen molar-refractivity contribution in [2.75, 3.05) is 5.32 Å². The van der Waals surface area contributed by atoms with Gasteiger partial charge in [0, 0.05) is 6.54 Å². The zero-order valence-corrected chi connectivity index (χ0v) is 11.5. The Morgan fingerprint density at radius 1 is 1.24 bits per heavy atom. The van der Waals surface area contributed by atoms with Gasteiger partial charge in [0.05, 0.1) is 11.9 Å². The fraction of sp³-hybridized carbons (Fsp3) is 0.133. The number of pyridine rings is 1. The van der Waals surface area contributed by atoms with Gasteiger partial charge in [-0.3, -0.25) is 0 Å². The number of nitrogens with one attached hydrogen (secondary N) is 1. The molecule has 106 valence electrons. The van der Waals surface area contributed by atoms with Crippen LogP contribution in [-0.4, -0.2) is 19.7 Å². The van der Waals surface area contributed by atoms with Gasteiger partial charge in [-0.2, -0.15) is 5.10 Å². The van der Waals surface area contributed by atoms with Crippen LogP contribution < -0.4 is 5.32 Å². The second-order valence-electron chi connectivity index (χ2n) is 4.68. The van der Waals surface area contributed by atoms with Gasteiger partial charge in [-0.05, 0) is 36.2 Å². The van der Waals surface area contributed by atoms with Crippen molar-refractivity contribution in [3.05, 3.63) is 66.1 Å². The highest BCUT2D eigenvalue weighted by molar-refractivity contribution is 5.44. The molecule has 0 saturated carbocycles. The lowest BCUT2D eigenvalue weighted by atomic mass is 10.1. The highest BCUT2D eigenvalue weighted by atomic mass is 19.1. The summed E-state index contributed by atoms with van der Waals surface area (Å²) in [5.74, 6) is 0.522. The molecule has 2 aromatic heterocycles. The molecule has 0 unspecified atom stereocenters. The minimum absolute atomic E-state index is 0.183. The van der Waals surface area contributed by atoms with E-state index in [4.69, 9.17) is 0 Å². The molecule has 5 nitrogen and oxygen atoms in total. The van der Waals surface area contributed by atoms with Gasteiger partial charge in [0.2, 0.25) is 0 Å². The molecule has 3 rings (SSSR count). The summed E-state index contributed by atoms with van der Waals surface area (Å²) in [4.78, 5) is 8.18. The third-order valence-corrected chi connectivity index (χ3v) is 3.12. The molecule has 1 aromatic carbocycles. The van der Waals surface area contributed by atoms with Gasteiger partial charge in [-0.25, -0.2) is 19.0 Å². The zero-order valence-electron chi connectivity index (χ0n) is 11.5. The quantitative estimate of drug-likeness (QED) is 0.800. The van der Waals surface area contributed by atoms with E-state index in [2.05, 4.69) is 20.4 Å². The first kappa shape index (κ1) is 13.2. The molecule has 3 aromatic rings. The molecule has 21 heavy (non-hydrogen) atoms. The summed E-state index contributed by atoms with van der Waals surface area (Å²) >= 11 is 0. The molecule has 6 heteroatoms. The molecule has 0 fully saturated rings. The molecule has 0 bridgehead atoms. The summed E-state index contributed by atoms with van der Waals surface area (Å²) < 4.78 is 14.8. The summed E-state index contributed by atoms with van der Waals surface area (Å²) in [7, 11) is 0. The fourth-order valence-corrected chi connectivity index (χ4v) is 1.97. The van der Waals surface area contributed by atoms with Crippen LogP contribution in [0.25, 0.3) is 5.82 Å². The zero-order chi connectivity index (χ0) is 14.7. The number of hydrogen-bond acceptors (Lipinski definition) is 4. The molecule has 0 spiro atoms. The monoisotopic (exact) mass is 283 g/mol. The Morgan fingerprint density at radius 3 is 2.81 bits per heavy atom. The predicted octanol–water partition coefficient (Wildman–Crippen LogP) is 2.72. The number of halogens is 1. The summed E-state index contributed by atoms with van der Waals surface area (Å²) in [5, 5.41) is 7.26. The molecule has 0 aliphatic rings. The van der Waals surface area contributed by atoms with Crippen molar-refractivity contribution in [3.63, 3.8) is 0 Å². The lowest BCUT2D eigenvalue weighted by Crippen LogP contribution is -2.02. The molecule has 0 atom stereocenters. The van der Waals surface area contributed by atoms with E-state index in [0.717, 1.165) is 11.3 Å². The number of nitrogens with zero attached hydrogens (tertiary/aromatic N) is 4. The van der Waals surface area contributed by atoms with E-state index >= 15 is 0 Å². The molecular formula is C15H14FN5. The third-order valence-electron chi connectivity index (χ3n) is 3.12. The molecule has 2 heterocycles. The van der Waals surface area contributed by atoms with Crippen molar-refractivity contribution in [2.45, 2.75) is 13.5 Å². The van der Waals surface area contributed by atoms with E-state index in [1.54, 1.807) is 30.2 Å².